The minimum atomic E-state index is -4.97. The minimum Gasteiger partial charge on any atom is -0.444 e. The molecule has 2 aliphatic rings. The molecule has 0 radical (unpaired) electrons. The highest BCUT2D eigenvalue weighted by Gasteiger charge is 2.48. The van der Waals surface area contributed by atoms with Crippen LogP contribution in [0.5, 0.6) is 0 Å². The highest BCUT2D eigenvalue weighted by molar-refractivity contribution is 7.80. The molecule has 0 saturated carbocycles. The molecule has 0 spiro atoms. The minimum absolute atomic E-state index is 0.0176. The van der Waals surface area contributed by atoms with Gasteiger partial charge < -0.3 is 19.5 Å². The predicted octanol–water partition coefficient (Wildman–Crippen LogP) is -0.0888. The first-order valence-corrected chi connectivity index (χ1v) is 10.6. The van der Waals surface area contributed by atoms with Gasteiger partial charge in [0, 0.05) is 31.5 Å². The fourth-order valence-corrected chi connectivity index (χ4v) is 3.69. The lowest BCUT2D eigenvalue weighted by Gasteiger charge is -2.30. The molecule has 2 N–H and O–H groups in total. The molecule has 0 aromatic carbocycles. The zero-order valence-corrected chi connectivity index (χ0v) is 18.1. The van der Waals surface area contributed by atoms with E-state index in [2.05, 4.69) is 14.6 Å². The maximum atomic E-state index is 12.7. The first-order chi connectivity index (χ1) is 14.2. The van der Waals surface area contributed by atoms with E-state index in [4.69, 9.17) is 9.29 Å². The number of nitrogens with zero attached hydrogens (tertiary/aromatic N) is 4. The van der Waals surface area contributed by atoms with Crippen molar-refractivity contribution in [1.82, 2.24) is 24.8 Å². The summed E-state index contributed by atoms with van der Waals surface area (Å²) in [4.78, 5) is 41.4. The molecular formula is C17H23N5O8S. The van der Waals surface area contributed by atoms with E-state index in [9.17, 15) is 22.8 Å². The van der Waals surface area contributed by atoms with Gasteiger partial charge in [0.1, 0.15) is 11.6 Å². The molecule has 0 aliphatic carbocycles. The number of carbonyl (C=O) groups excluding carboxylic acids is 2. The molecule has 14 heteroatoms. The lowest BCUT2D eigenvalue weighted by molar-refractivity contribution is -0.0163. The second-order valence-electron chi connectivity index (χ2n) is 8.09. The fraction of sp³-hybridized carbons (Fsp3) is 0.529. The van der Waals surface area contributed by atoms with Crippen molar-refractivity contribution in [3.05, 3.63) is 34.5 Å². The number of nitrogens with one attached hydrogen (secondary N) is 1. The van der Waals surface area contributed by atoms with Crippen LogP contribution >= 0.6 is 0 Å². The first-order valence-electron chi connectivity index (χ1n) is 9.23. The van der Waals surface area contributed by atoms with Crippen LogP contribution in [0, 0.1) is 0 Å². The summed E-state index contributed by atoms with van der Waals surface area (Å²) in [6, 6.07) is -2.40. The van der Waals surface area contributed by atoms with Crippen molar-refractivity contribution in [3.63, 3.8) is 0 Å². The summed E-state index contributed by atoms with van der Waals surface area (Å²) in [5, 5.41) is 3.11. The van der Waals surface area contributed by atoms with Crippen molar-refractivity contribution in [2.45, 2.75) is 38.5 Å². The van der Waals surface area contributed by atoms with E-state index in [0.717, 1.165) is 0 Å². The molecule has 2 atom stereocenters. The SMILES string of the molecule is Cn1cc(C2=CC(CNC(=O)OC(C)(C)C)N3C[C@@H]2N(OS(=O)(=O)O)C3=O)cnc1=O. The Kier molecular flexibility index (Phi) is 5.82. The van der Waals surface area contributed by atoms with Gasteiger partial charge in [0.2, 0.25) is 0 Å². The summed E-state index contributed by atoms with van der Waals surface area (Å²) in [7, 11) is -3.48. The molecule has 1 unspecified atom stereocenters. The Morgan fingerprint density at radius 1 is 1.35 bits per heavy atom. The smallest absolute Gasteiger partial charge is 0.418 e. The first kappa shape index (κ1) is 22.7. The van der Waals surface area contributed by atoms with Gasteiger partial charge in [0.15, 0.2) is 0 Å². The van der Waals surface area contributed by atoms with Crippen LogP contribution in [0.25, 0.3) is 5.57 Å². The molecule has 2 aliphatic heterocycles. The molecule has 170 valence electrons. The Hall–Kier alpha value is -2.97. The van der Waals surface area contributed by atoms with Gasteiger partial charge in [-0.1, -0.05) is 6.08 Å². The maximum absolute atomic E-state index is 12.7. The van der Waals surface area contributed by atoms with Gasteiger partial charge in [-0.3, -0.25) is 4.55 Å². The number of hydrogen-bond donors (Lipinski definition) is 2. The maximum Gasteiger partial charge on any atom is 0.418 e. The third-order valence-corrected chi connectivity index (χ3v) is 4.88. The van der Waals surface area contributed by atoms with Crippen LogP contribution in [-0.2, 0) is 26.5 Å². The zero-order chi connectivity index (χ0) is 23.1. The average Bonchev–Trinajstić information content (AvgIpc) is 2.87. The number of aromatic nitrogens is 2. The van der Waals surface area contributed by atoms with E-state index < -0.39 is 45.9 Å². The average molecular weight is 457 g/mol. The van der Waals surface area contributed by atoms with Crippen LogP contribution in [0.3, 0.4) is 0 Å². The number of rotatable bonds is 5. The Morgan fingerprint density at radius 3 is 2.61 bits per heavy atom. The zero-order valence-electron chi connectivity index (χ0n) is 17.3. The summed E-state index contributed by atoms with van der Waals surface area (Å²) >= 11 is 0. The molecule has 31 heavy (non-hydrogen) atoms. The molecule has 1 aromatic heterocycles. The van der Waals surface area contributed by atoms with Gasteiger partial charge >= 0.3 is 28.2 Å². The van der Waals surface area contributed by atoms with Gasteiger partial charge in [-0.15, -0.1) is 4.28 Å². The van der Waals surface area contributed by atoms with Crippen LogP contribution in [0.4, 0.5) is 9.59 Å². The number of fused-ring (bicyclic) bond motifs is 2. The lowest BCUT2D eigenvalue weighted by Crippen LogP contribution is -2.46. The largest absolute Gasteiger partial charge is 0.444 e. The number of hydrogen-bond acceptors (Lipinski definition) is 8. The van der Waals surface area contributed by atoms with E-state index in [1.165, 1.54) is 28.9 Å². The number of ether oxygens (including phenoxy) is 1. The number of alkyl carbamates (subject to hydrolysis) is 1. The second-order valence-corrected chi connectivity index (χ2v) is 9.09. The van der Waals surface area contributed by atoms with E-state index in [0.29, 0.717) is 16.2 Å². The Balaban J connectivity index is 1.93. The number of hydroxylamine groups is 2. The van der Waals surface area contributed by atoms with Crippen LogP contribution < -0.4 is 11.0 Å². The van der Waals surface area contributed by atoms with Crippen molar-refractivity contribution in [3.8, 4) is 0 Å². The molecule has 13 nitrogen and oxygen atoms in total. The molecule has 1 saturated heterocycles. The van der Waals surface area contributed by atoms with Gasteiger partial charge in [0.25, 0.3) is 0 Å². The van der Waals surface area contributed by atoms with Crippen LogP contribution in [0.15, 0.2) is 23.3 Å². The quantitative estimate of drug-likeness (QED) is 0.576. The second kappa shape index (κ2) is 7.94. The van der Waals surface area contributed by atoms with Gasteiger partial charge in [-0.25, -0.2) is 19.4 Å². The molecule has 3 rings (SSSR count). The normalized spacial score (nSPS) is 21.2. The van der Waals surface area contributed by atoms with Crippen molar-refractivity contribution in [2.75, 3.05) is 13.1 Å². The molecule has 1 aromatic rings. The number of aryl methyl sites for hydroxylation is 1. The molecular weight excluding hydrogens is 434 g/mol. The number of amides is 3. The standard InChI is InChI=1S/C17H23N5O8S/c1-17(2,3)29-15(24)19-7-11-5-12(10-6-18-14(23)20(4)8-10)13-9-21(11)16(25)22(13)30-31(26,27)28/h5-6,8,11,13H,7,9H2,1-4H3,(H,19,24)(H,26,27,28)/t11?,13-/m0/s1. The topological polar surface area (TPSA) is 160 Å². The van der Waals surface area contributed by atoms with Gasteiger partial charge in [-0.2, -0.15) is 13.5 Å². The van der Waals surface area contributed by atoms with Crippen LogP contribution in [0.1, 0.15) is 26.3 Å². The van der Waals surface area contributed by atoms with E-state index in [-0.39, 0.29) is 13.1 Å². The summed E-state index contributed by atoms with van der Waals surface area (Å²) in [5.74, 6) is 0. The summed E-state index contributed by atoms with van der Waals surface area (Å²) in [6.45, 7) is 5.10. The van der Waals surface area contributed by atoms with Crippen molar-refractivity contribution < 1.29 is 31.6 Å². The van der Waals surface area contributed by atoms with Crippen molar-refractivity contribution in [2.24, 2.45) is 7.05 Å². The molecule has 3 amide bonds. The third kappa shape index (κ3) is 5.21. The molecule has 3 heterocycles. The van der Waals surface area contributed by atoms with E-state index in [1.54, 1.807) is 26.8 Å². The summed E-state index contributed by atoms with van der Waals surface area (Å²) in [6.07, 6.45) is 3.71. The summed E-state index contributed by atoms with van der Waals surface area (Å²) in [5.41, 5.74) is -0.344. The Bertz CT molecular complexity index is 1090. The van der Waals surface area contributed by atoms with Gasteiger partial charge in [0.05, 0.1) is 12.6 Å². The third-order valence-electron chi connectivity index (χ3n) is 4.53. The van der Waals surface area contributed by atoms with E-state index in [1.807, 2.05) is 0 Å². The van der Waals surface area contributed by atoms with Crippen molar-refractivity contribution >= 4 is 28.1 Å². The molecule has 1 fully saturated rings. The monoisotopic (exact) mass is 457 g/mol. The number of carbonyl (C=O) groups is 2. The molecule has 2 bridgehead atoms. The summed E-state index contributed by atoms with van der Waals surface area (Å²) < 4.78 is 42.5. The van der Waals surface area contributed by atoms with Crippen LogP contribution in [-0.4, -0.2) is 75.4 Å². The highest BCUT2D eigenvalue weighted by atomic mass is 32.3. The predicted molar refractivity (Wildman–Crippen MR) is 106 cm³/mol. The Labute approximate surface area is 178 Å². The van der Waals surface area contributed by atoms with E-state index >= 15 is 0 Å². The fourth-order valence-electron chi connectivity index (χ4n) is 3.32. The van der Waals surface area contributed by atoms with Gasteiger partial charge in [-0.05, 0) is 26.3 Å². The Morgan fingerprint density at radius 2 is 2.03 bits per heavy atom. The lowest BCUT2D eigenvalue weighted by atomic mass is 9.95. The van der Waals surface area contributed by atoms with Crippen molar-refractivity contribution in [1.29, 1.82) is 0 Å². The highest BCUT2D eigenvalue weighted by Crippen LogP contribution is 2.35. The number of urea groups is 1. The van der Waals surface area contributed by atoms with Crippen LogP contribution in [0.2, 0.25) is 0 Å².